The SMILES string of the molecule is C=C(/C=C/CCCCCN)N[C@@H]1C[C@H]1NC(=O)/C=C/CCCCCN. The molecule has 5 nitrogen and oxygen atoms in total. The number of nitrogens with one attached hydrogen (secondary N) is 2. The molecule has 6 N–H and O–H groups in total. The van der Waals surface area contributed by atoms with Crippen molar-refractivity contribution >= 4 is 5.91 Å². The van der Waals surface area contributed by atoms with Crippen LogP contribution in [0.3, 0.4) is 0 Å². The summed E-state index contributed by atoms with van der Waals surface area (Å²) in [5.41, 5.74) is 11.8. The molecule has 0 bridgehead atoms. The fourth-order valence-corrected chi connectivity index (χ4v) is 2.61. The third-order valence-electron chi connectivity index (χ3n) is 4.23. The number of rotatable bonds is 15. The standard InChI is InChI=1S/C20H36N4O/c1-17(12-8-4-2-6-10-14-21)23-18-16-19(18)24-20(25)13-9-5-3-7-11-15-22/h8-9,12-13,18-19,23H,1-7,10-11,14-16,21-22H2,(H,24,25)/b12-8+,13-9+/t18-,19-/m1/s1. The normalized spacial score (nSPS) is 19.4. The van der Waals surface area contributed by atoms with Crippen molar-refractivity contribution in [1.29, 1.82) is 0 Å². The summed E-state index contributed by atoms with van der Waals surface area (Å²) in [6, 6.07) is 0.514. The van der Waals surface area contributed by atoms with Crippen LogP contribution < -0.4 is 22.1 Å². The second-order valence-electron chi connectivity index (χ2n) is 6.71. The summed E-state index contributed by atoms with van der Waals surface area (Å²) in [4.78, 5) is 11.8. The Balaban J connectivity index is 2.06. The minimum Gasteiger partial charge on any atom is -0.381 e. The summed E-state index contributed by atoms with van der Waals surface area (Å²) in [7, 11) is 0. The van der Waals surface area contributed by atoms with Crippen molar-refractivity contribution in [1.82, 2.24) is 10.6 Å². The van der Waals surface area contributed by atoms with Crippen LogP contribution in [0.15, 0.2) is 36.6 Å². The molecule has 25 heavy (non-hydrogen) atoms. The van der Waals surface area contributed by atoms with Gasteiger partial charge in [0.1, 0.15) is 0 Å². The van der Waals surface area contributed by atoms with Crippen molar-refractivity contribution in [2.45, 2.75) is 69.9 Å². The van der Waals surface area contributed by atoms with Gasteiger partial charge in [0, 0.05) is 11.7 Å². The van der Waals surface area contributed by atoms with Crippen LogP contribution >= 0.6 is 0 Å². The average Bonchev–Trinajstić information content (AvgIpc) is 3.31. The zero-order valence-electron chi connectivity index (χ0n) is 15.5. The van der Waals surface area contributed by atoms with E-state index < -0.39 is 0 Å². The molecule has 1 aliphatic rings. The van der Waals surface area contributed by atoms with E-state index in [2.05, 4.69) is 23.3 Å². The Kier molecular flexibility index (Phi) is 11.7. The van der Waals surface area contributed by atoms with Gasteiger partial charge >= 0.3 is 0 Å². The predicted molar refractivity (Wildman–Crippen MR) is 106 cm³/mol. The maximum absolute atomic E-state index is 11.8. The molecule has 1 rings (SSSR count). The third kappa shape index (κ3) is 11.6. The lowest BCUT2D eigenvalue weighted by Crippen LogP contribution is -2.30. The number of amides is 1. The van der Waals surface area contributed by atoms with Gasteiger partial charge in [-0.3, -0.25) is 4.79 Å². The molecule has 0 heterocycles. The molecule has 0 aromatic carbocycles. The summed E-state index contributed by atoms with van der Waals surface area (Å²) in [5.74, 6) is -0.00539. The van der Waals surface area contributed by atoms with E-state index in [4.69, 9.17) is 11.5 Å². The molecule has 1 aliphatic carbocycles. The van der Waals surface area contributed by atoms with Crippen LogP contribution in [0, 0.1) is 0 Å². The molecule has 0 spiro atoms. The maximum Gasteiger partial charge on any atom is 0.243 e. The lowest BCUT2D eigenvalue weighted by molar-refractivity contribution is -0.116. The van der Waals surface area contributed by atoms with E-state index in [1.165, 1.54) is 12.8 Å². The van der Waals surface area contributed by atoms with Crippen molar-refractivity contribution < 1.29 is 4.79 Å². The molecule has 0 aliphatic heterocycles. The van der Waals surface area contributed by atoms with Crippen molar-refractivity contribution in [3.05, 3.63) is 36.6 Å². The van der Waals surface area contributed by atoms with Crippen LogP contribution in [0.4, 0.5) is 0 Å². The van der Waals surface area contributed by atoms with Crippen LogP contribution in [-0.4, -0.2) is 31.1 Å². The van der Waals surface area contributed by atoms with Crippen molar-refractivity contribution in [2.24, 2.45) is 11.5 Å². The van der Waals surface area contributed by atoms with Crippen LogP contribution in [0.1, 0.15) is 57.8 Å². The Labute approximate surface area is 153 Å². The van der Waals surface area contributed by atoms with E-state index in [-0.39, 0.29) is 11.9 Å². The van der Waals surface area contributed by atoms with Gasteiger partial charge in [-0.2, -0.15) is 0 Å². The van der Waals surface area contributed by atoms with Gasteiger partial charge in [-0.05, 0) is 70.2 Å². The molecule has 142 valence electrons. The highest BCUT2D eigenvalue weighted by molar-refractivity contribution is 5.88. The van der Waals surface area contributed by atoms with Crippen LogP contribution in [0.25, 0.3) is 0 Å². The monoisotopic (exact) mass is 348 g/mol. The van der Waals surface area contributed by atoms with Gasteiger partial charge in [0.05, 0.1) is 6.04 Å². The second-order valence-corrected chi connectivity index (χ2v) is 6.71. The molecule has 0 saturated heterocycles. The van der Waals surface area contributed by atoms with E-state index in [1.54, 1.807) is 6.08 Å². The Morgan fingerprint density at radius 1 is 0.880 bits per heavy atom. The summed E-state index contributed by atoms with van der Waals surface area (Å²) in [6.07, 6.45) is 17.4. The first kappa shape index (κ1) is 21.5. The third-order valence-corrected chi connectivity index (χ3v) is 4.23. The molecule has 0 unspecified atom stereocenters. The molecule has 1 amide bonds. The summed E-state index contributed by atoms with van der Waals surface area (Å²) in [5, 5.41) is 6.37. The van der Waals surface area contributed by atoms with Gasteiger partial charge in [-0.25, -0.2) is 0 Å². The zero-order chi connectivity index (χ0) is 18.3. The molecule has 0 aromatic rings. The van der Waals surface area contributed by atoms with E-state index >= 15 is 0 Å². The molecule has 0 aromatic heterocycles. The van der Waals surface area contributed by atoms with Gasteiger partial charge < -0.3 is 22.1 Å². The summed E-state index contributed by atoms with van der Waals surface area (Å²) < 4.78 is 0. The number of hydrogen-bond donors (Lipinski definition) is 4. The first-order valence-corrected chi connectivity index (χ1v) is 9.66. The second kappa shape index (κ2) is 13.7. The zero-order valence-corrected chi connectivity index (χ0v) is 15.5. The van der Waals surface area contributed by atoms with Crippen LogP contribution in [-0.2, 0) is 4.79 Å². The van der Waals surface area contributed by atoms with Gasteiger partial charge in [-0.1, -0.05) is 31.6 Å². The van der Waals surface area contributed by atoms with Crippen molar-refractivity contribution in [3.63, 3.8) is 0 Å². The van der Waals surface area contributed by atoms with Crippen molar-refractivity contribution in [3.8, 4) is 0 Å². The van der Waals surface area contributed by atoms with Gasteiger partial charge in [0.2, 0.25) is 5.91 Å². The number of carbonyl (C=O) groups is 1. The van der Waals surface area contributed by atoms with Crippen LogP contribution in [0.2, 0.25) is 0 Å². The van der Waals surface area contributed by atoms with Crippen LogP contribution in [0.5, 0.6) is 0 Å². The number of unbranched alkanes of at least 4 members (excludes halogenated alkanes) is 6. The smallest absolute Gasteiger partial charge is 0.243 e. The molecular formula is C20H36N4O. The quantitative estimate of drug-likeness (QED) is 0.208. The van der Waals surface area contributed by atoms with E-state index in [9.17, 15) is 4.79 Å². The first-order chi connectivity index (χ1) is 12.2. The molecule has 1 saturated carbocycles. The molecule has 5 heteroatoms. The minimum absolute atomic E-state index is 0.00539. The maximum atomic E-state index is 11.8. The topological polar surface area (TPSA) is 93.2 Å². The number of carbonyl (C=O) groups excluding carboxylic acids is 1. The first-order valence-electron chi connectivity index (χ1n) is 9.66. The fraction of sp³-hybridized carbons (Fsp3) is 0.650. The average molecular weight is 349 g/mol. The van der Waals surface area contributed by atoms with Crippen molar-refractivity contribution in [2.75, 3.05) is 13.1 Å². The number of allylic oxidation sites excluding steroid dienone is 3. The Morgan fingerprint density at radius 2 is 1.44 bits per heavy atom. The largest absolute Gasteiger partial charge is 0.381 e. The Hall–Kier alpha value is -1.59. The highest BCUT2D eigenvalue weighted by atomic mass is 16.1. The Morgan fingerprint density at radius 3 is 2.04 bits per heavy atom. The van der Waals surface area contributed by atoms with E-state index in [1.807, 2.05) is 12.2 Å². The minimum atomic E-state index is -0.00539. The highest BCUT2D eigenvalue weighted by Crippen LogP contribution is 2.22. The highest BCUT2D eigenvalue weighted by Gasteiger charge is 2.37. The fourth-order valence-electron chi connectivity index (χ4n) is 2.61. The van der Waals surface area contributed by atoms with Gasteiger partial charge in [-0.15, -0.1) is 0 Å². The number of nitrogens with two attached hydrogens (primary N) is 2. The molecule has 2 atom stereocenters. The molecule has 1 fully saturated rings. The summed E-state index contributed by atoms with van der Waals surface area (Å²) in [6.45, 7) is 5.53. The van der Waals surface area contributed by atoms with E-state index in [0.29, 0.717) is 6.04 Å². The van der Waals surface area contributed by atoms with Gasteiger partial charge in [0.25, 0.3) is 0 Å². The van der Waals surface area contributed by atoms with E-state index in [0.717, 1.165) is 63.7 Å². The number of hydrogen-bond acceptors (Lipinski definition) is 4. The summed E-state index contributed by atoms with van der Waals surface area (Å²) >= 11 is 0. The lowest BCUT2D eigenvalue weighted by Gasteiger charge is -2.06. The Bertz CT molecular complexity index is 405. The lowest BCUT2D eigenvalue weighted by atomic mass is 10.2. The molecular weight excluding hydrogens is 312 g/mol. The van der Waals surface area contributed by atoms with Gasteiger partial charge in [0.15, 0.2) is 0 Å². The predicted octanol–water partition coefficient (Wildman–Crippen LogP) is 2.50. The molecule has 0 radical (unpaired) electrons.